The summed E-state index contributed by atoms with van der Waals surface area (Å²) in [4.78, 5) is 14.9. The molecule has 1 saturated heterocycles. The molecular weight excluding hydrogens is 591 g/mol. The number of ether oxygens (including phenoxy) is 2. The molecule has 0 saturated carbocycles. The van der Waals surface area contributed by atoms with Gasteiger partial charge < -0.3 is 29.8 Å². The highest BCUT2D eigenvalue weighted by molar-refractivity contribution is 7.90. The molecule has 0 radical (unpaired) electrons. The lowest BCUT2D eigenvalue weighted by molar-refractivity contribution is -0.0200. The maximum Gasteiger partial charge on any atom is 0.156 e. The second-order valence-corrected chi connectivity index (χ2v) is 13.3. The molecular formula is C29H33FN8O5S. The number of halogens is 1. The summed E-state index contributed by atoms with van der Waals surface area (Å²) < 4.78 is 53.7. The van der Waals surface area contributed by atoms with E-state index in [1.54, 1.807) is 46.6 Å². The molecule has 6 rings (SSSR count). The normalized spacial score (nSPS) is 20.5. The van der Waals surface area contributed by atoms with Gasteiger partial charge in [-0.25, -0.2) is 27.8 Å². The number of anilines is 2. The van der Waals surface area contributed by atoms with Crippen molar-refractivity contribution in [2.45, 2.75) is 31.0 Å². The van der Waals surface area contributed by atoms with Crippen LogP contribution in [0, 0.1) is 0 Å². The molecule has 4 aromatic heterocycles. The van der Waals surface area contributed by atoms with Gasteiger partial charge in [-0.15, -0.1) is 0 Å². The Morgan fingerprint density at radius 3 is 2.73 bits per heavy atom. The van der Waals surface area contributed by atoms with Crippen molar-refractivity contribution in [1.29, 1.82) is 0 Å². The van der Waals surface area contributed by atoms with Gasteiger partial charge in [0.25, 0.3) is 0 Å². The number of aliphatic hydroxyl groups excluding tert-OH is 1. The van der Waals surface area contributed by atoms with Crippen LogP contribution in [-0.4, -0.2) is 99.5 Å². The van der Waals surface area contributed by atoms with Crippen LogP contribution in [0.5, 0.6) is 5.75 Å². The summed E-state index contributed by atoms with van der Waals surface area (Å²) in [6.45, 7) is 0.294. The van der Waals surface area contributed by atoms with Gasteiger partial charge in [-0.2, -0.15) is 5.10 Å². The van der Waals surface area contributed by atoms with E-state index in [9.17, 15) is 13.5 Å². The van der Waals surface area contributed by atoms with Gasteiger partial charge in [0.15, 0.2) is 6.17 Å². The number of fused-ring (bicyclic) bond motifs is 2. The van der Waals surface area contributed by atoms with Gasteiger partial charge in [-0.1, -0.05) is 0 Å². The summed E-state index contributed by atoms with van der Waals surface area (Å²) in [6.07, 6.45) is 1.20. The number of benzene rings is 1. The highest BCUT2D eigenvalue weighted by Gasteiger charge is 2.44. The second-order valence-electron chi connectivity index (χ2n) is 11.1. The van der Waals surface area contributed by atoms with Gasteiger partial charge in [0.1, 0.15) is 64.1 Å². The highest BCUT2D eigenvalue weighted by atomic mass is 32.2. The molecule has 0 unspecified atom stereocenters. The number of aromatic nitrogens is 6. The van der Waals surface area contributed by atoms with Crippen molar-refractivity contribution in [3.8, 4) is 17.0 Å². The number of hydrogen-bond acceptors (Lipinski definition) is 11. The van der Waals surface area contributed by atoms with E-state index in [1.165, 1.54) is 12.6 Å². The Morgan fingerprint density at radius 1 is 1.18 bits per heavy atom. The lowest BCUT2D eigenvalue weighted by Crippen LogP contribution is -2.33. The minimum Gasteiger partial charge on any atom is -0.491 e. The van der Waals surface area contributed by atoms with Crippen LogP contribution in [0.25, 0.3) is 33.2 Å². The molecule has 1 aliphatic rings. The fraction of sp³-hybridized carbons (Fsp3) is 0.379. The molecule has 5 heterocycles. The number of hydrogen-bond donors (Lipinski definition) is 2. The molecule has 1 aromatic carbocycles. The van der Waals surface area contributed by atoms with Gasteiger partial charge in [0, 0.05) is 56.3 Å². The van der Waals surface area contributed by atoms with E-state index in [1.807, 2.05) is 30.5 Å². The molecule has 0 aliphatic carbocycles. The molecule has 0 bridgehead atoms. The van der Waals surface area contributed by atoms with Crippen LogP contribution in [0.15, 0.2) is 55.1 Å². The summed E-state index contributed by atoms with van der Waals surface area (Å²) in [7, 11) is 0.477. The first-order valence-corrected chi connectivity index (χ1v) is 16.0. The number of aliphatic hydroxyl groups is 1. The van der Waals surface area contributed by atoms with Crippen molar-refractivity contribution < 1.29 is 27.4 Å². The van der Waals surface area contributed by atoms with Crippen LogP contribution in [0.2, 0.25) is 0 Å². The summed E-state index contributed by atoms with van der Waals surface area (Å²) in [5.74, 6) is 1.38. The number of nitrogen functional groups attached to an aromatic ring is 1. The van der Waals surface area contributed by atoms with E-state index < -0.39 is 34.3 Å². The third-order valence-electron chi connectivity index (χ3n) is 7.71. The zero-order valence-corrected chi connectivity index (χ0v) is 25.2. The molecule has 5 aromatic rings. The Labute approximate surface area is 253 Å². The monoisotopic (exact) mass is 624 g/mol. The Hall–Kier alpha value is -4.34. The predicted molar refractivity (Wildman–Crippen MR) is 164 cm³/mol. The third-order valence-corrected chi connectivity index (χ3v) is 8.64. The van der Waals surface area contributed by atoms with E-state index in [4.69, 9.17) is 15.2 Å². The van der Waals surface area contributed by atoms with Crippen LogP contribution in [0.1, 0.15) is 0 Å². The molecule has 3 N–H and O–H groups in total. The fourth-order valence-electron chi connectivity index (χ4n) is 5.30. The van der Waals surface area contributed by atoms with Gasteiger partial charge >= 0.3 is 0 Å². The standard InChI is InChI=1S/C29H33FN8O5S/c1-36(10-11-44(3,40)41)24-7-5-17-4-6-18(12-21(17)34-24)42-15-23-27(39)26(30)22(43-23)14-38-13-19(20-8-9-37(2)35-20)25-28(31)32-16-33-29(25)38/h4-9,12-13,16,22-23,26-27,39H,10-11,14-15H2,1-3H3,(H2,31,32,33)/t22-,23+,26+,27+/m0/s1. The number of sulfone groups is 1. The molecule has 44 heavy (non-hydrogen) atoms. The molecule has 232 valence electrons. The van der Waals surface area contributed by atoms with Crippen molar-refractivity contribution in [3.05, 3.63) is 55.1 Å². The van der Waals surface area contributed by atoms with Crippen LogP contribution in [-0.2, 0) is 28.2 Å². The number of nitrogens with two attached hydrogens (primary N) is 1. The molecule has 15 heteroatoms. The van der Waals surface area contributed by atoms with E-state index in [0.717, 1.165) is 5.39 Å². The van der Waals surface area contributed by atoms with Crippen LogP contribution in [0.4, 0.5) is 16.0 Å². The maximum atomic E-state index is 15.4. The summed E-state index contributed by atoms with van der Waals surface area (Å²) >= 11 is 0. The van der Waals surface area contributed by atoms with Crippen molar-refractivity contribution in [2.75, 3.05) is 42.8 Å². The van der Waals surface area contributed by atoms with Crippen LogP contribution >= 0.6 is 0 Å². The second kappa shape index (κ2) is 11.6. The zero-order chi connectivity index (χ0) is 31.2. The van der Waals surface area contributed by atoms with Gasteiger partial charge in [-0.3, -0.25) is 4.68 Å². The smallest absolute Gasteiger partial charge is 0.156 e. The van der Waals surface area contributed by atoms with Crippen molar-refractivity contribution in [1.82, 2.24) is 29.3 Å². The number of alkyl halides is 1. The Kier molecular flexibility index (Phi) is 7.86. The van der Waals surface area contributed by atoms with Crippen molar-refractivity contribution in [2.24, 2.45) is 7.05 Å². The molecule has 0 spiro atoms. The lowest BCUT2D eigenvalue weighted by Gasteiger charge is -2.18. The van der Waals surface area contributed by atoms with Gasteiger partial charge in [0.05, 0.1) is 28.9 Å². The molecule has 0 amide bonds. The minimum absolute atomic E-state index is 0.0143. The first-order chi connectivity index (χ1) is 21.0. The maximum absolute atomic E-state index is 15.4. The first-order valence-electron chi connectivity index (χ1n) is 14.0. The summed E-state index contributed by atoms with van der Waals surface area (Å²) in [5, 5.41) is 16.6. The summed E-state index contributed by atoms with van der Waals surface area (Å²) in [5.41, 5.74) is 8.72. The van der Waals surface area contributed by atoms with Gasteiger partial charge in [0.2, 0.25) is 0 Å². The van der Waals surface area contributed by atoms with E-state index >= 15 is 4.39 Å². The number of rotatable bonds is 10. The lowest BCUT2D eigenvalue weighted by atomic mass is 10.1. The highest BCUT2D eigenvalue weighted by Crippen LogP contribution is 2.34. The van der Waals surface area contributed by atoms with Crippen molar-refractivity contribution >= 4 is 43.4 Å². The average Bonchev–Trinajstić information content (AvgIpc) is 3.66. The minimum atomic E-state index is -3.11. The SMILES string of the molecule is CN(CCS(C)(=O)=O)c1ccc2ccc(OC[C@H]3O[C@@H](Cn4cc(-c5ccn(C)n5)c5c(N)ncnc54)[C@@H](F)[C@@H]3O)cc2n1. The molecule has 4 atom stereocenters. The van der Waals surface area contributed by atoms with E-state index in [-0.39, 0.29) is 24.7 Å². The van der Waals surface area contributed by atoms with Crippen LogP contribution < -0.4 is 15.4 Å². The molecule has 1 aliphatic heterocycles. The van der Waals surface area contributed by atoms with E-state index in [2.05, 4.69) is 20.1 Å². The zero-order valence-electron chi connectivity index (χ0n) is 24.4. The largest absolute Gasteiger partial charge is 0.491 e. The van der Waals surface area contributed by atoms with Crippen LogP contribution in [0.3, 0.4) is 0 Å². The summed E-state index contributed by atoms with van der Waals surface area (Å²) in [6, 6.07) is 10.9. The first kappa shape index (κ1) is 29.7. The Morgan fingerprint density at radius 2 is 1.98 bits per heavy atom. The van der Waals surface area contributed by atoms with Gasteiger partial charge in [-0.05, 0) is 30.3 Å². The molecule has 1 fully saturated rings. The number of nitrogens with zero attached hydrogens (tertiary/aromatic N) is 7. The predicted octanol–water partition coefficient (Wildman–Crippen LogP) is 1.99. The van der Waals surface area contributed by atoms with E-state index in [0.29, 0.717) is 45.9 Å². The Balaban J connectivity index is 1.15. The average molecular weight is 625 g/mol. The number of aryl methyl sites for hydroxylation is 1. The molecule has 13 nitrogen and oxygen atoms in total. The number of pyridine rings is 1. The Bertz CT molecular complexity index is 1930. The fourth-order valence-corrected chi connectivity index (χ4v) is 5.91. The third kappa shape index (κ3) is 6.02. The quantitative estimate of drug-likeness (QED) is 0.234. The van der Waals surface area contributed by atoms with Crippen molar-refractivity contribution in [3.63, 3.8) is 0 Å². The topological polar surface area (TPSA) is 164 Å².